The second-order valence-corrected chi connectivity index (χ2v) is 11.2. The van der Waals surface area contributed by atoms with E-state index in [1.165, 1.54) is 20.2 Å². The zero-order valence-electron chi connectivity index (χ0n) is 21.3. The highest BCUT2D eigenvalue weighted by Gasteiger charge is 2.23. The second-order valence-electron chi connectivity index (χ2n) is 10.1. The van der Waals surface area contributed by atoms with Crippen LogP contribution in [0.2, 0.25) is 0 Å². The molecule has 0 saturated carbocycles. The molecule has 9 rings (SSSR count). The number of furan rings is 1. The Morgan fingerprint density at radius 3 is 2.08 bits per heavy atom. The lowest BCUT2D eigenvalue weighted by Crippen LogP contribution is -1.96. The molecule has 0 aliphatic carbocycles. The Balaban J connectivity index is 1.51. The van der Waals surface area contributed by atoms with Crippen molar-refractivity contribution >= 4 is 75.3 Å². The van der Waals surface area contributed by atoms with Crippen LogP contribution < -0.4 is 0 Å². The fourth-order valence-electron chi connectivity index (χ4n) is 6.09. The quantitative estimate of drug-likeness (QED) is 0.224. The van der Waals surface area contributed by atoms with Crippen molar-refractivity contribution in [2.45, 2.75) is 0 Å². The van der Waals surface area contributed by atoms with Gasteiger partial charge in [0.15, 0.2) is 0 Å². The maximum Gasteiger partial charge on any atom is 0.144 e. The third-order valence-corrected chi connectivity index (χ3v) is 8.98. The molecule has 0 aliphatic rings. The van der Waals surface area contributed by atoms with Gasteiger partial charge in [-0.05, 0) is 41.8 Å². The number of nitrogens with zero attached hydrogens (tertiary/aromatic N) is 2. The third kappa shape index (κ3) is 3.05. The Bertz CT molecular complexity index is 2440. The smallest absolute Gasteiger partial charge is 0.144 e. The molecule has 0 fully saturated rings. The molecule has 0 unspecified atom stereocenters. The molecular weight excluding hydrogens is 508 g/mol. The van der Waals surface area contributed by atoms with Gasteiger partial charge in [0.05, 0.1) is 22.4 Å². The van der Waals surface area contributed by atoms with Crippen LogP contribution >= 0.6 is 11.3 Å². The van der Waals surface area contributed by atoms with Gasteiger partial charge in [0.25, 0.3) is 0 Å². The molecule has 3 aromatic heterocycles. The van der Waals surface area contributed by atoms with Gasteiger partial charge in [0, 0.05) is 47.5 Å². The van der Waals surface area contributed by atoms with Gasteiger partial charge in [-0.2, -0.15) is 0 Å². The first-order valence-corrected chi connectivity index (χ1v) is 14.2. The fraction of sp³-hybridized carbons (Fsp3) is 0. The van der Waals surface area contributed by atoms with E-state index in [-0.39, 0.29) is 0 Å². The molecule has 40 heavy (non-hydrogen) atoms. The monoisotopic (exact) mass is 528 g/mol. The number of hydrogen-bond acceptors (Lipinski definition) is 4. The molecule has 0 atom stereocenters. The molecule has 0 N–H and O–H groups in total. The maximum atomic E-state index is 6.74. The van der Waals surface area contributed by atoms with E-state index in [9.17, 15) is 0 Å². The van der Waals surface area contributed by atoms with E-state index < -0.39 is 0 Å². The third-order valence-electron chi connectivity index (χ3n) is 7.84. The Morgan fingerprint density at radius 1 is 0.525 bits per heavy atom. The molecule has 0 radical (unpaired) electrons. The number of thiophene rings is 1. The summed E-state index contributed by atoms with van der Waals surface area (Å²) in [6.45, 7) is 0. The second kappa shape index (κ2) is 8.22. The van der Waals surface area contributed by atoms with Crippen LogP contribution in [-0.2, 0) is 0 Å². The normalized spacial score (nSPS) is 12.0. The first-order chi connectivity index (χ1) is 19.8. The number of rotatable bonds is 2. The van der Waals surface area contributed by atoms with E-state index >= 15 is 0 Å². The summed E-state index contributed by atoms with van der Waals surface area (Å²) in [5, 5.41) is 6.96. The average Bonchev–Trinajstić information content (AvgIpc) is 3.59. The first kappa shape index (κ1) is 21.8. The minimum Gasteiger partial charge on any atom is -0.455 e. The van der Waals surface area contributed by atoms with Gasteiger partial charge in [-0.15, -0.1) is 11.3 Å². The molecule has 6 aromatic carbocycles. The summed E-state index contributed by atoms with van der Waals surface area (Å²) in [4.78, 5) is 10.4. The number of fused-ring (bicyclic) bond motifs is 10. The number of hydrogen-bond donors (Lipinski definition) is 0. The van der Waals surface area contributed by atoms with Gasteiger partial charge in [0.1, 0.15) is 11.2 Å². The largest absolute Gasteiger partial charge is 0.455 e. The summed E-state index contributed by atoms with van der Waals surface area (Å²) in [6, 6.07) is 42.2. The first-order valence-electron chi connectivity index (χ1n) is 13.3. The number of para-hydroxylation sites is 3. The summed E-state index contributed by atoms with van der Waals surface area (Å²) in [5.74, 6) is 0. The van der Waals surface area contributed by atoms with Crippen LogP contribution in [0.1, 0.15) is 0 Å². The zero-order valence-corrected chi connectivity index (χ0v) is 22.1. The lowest BCUT2D eigenvalue weighted by molar-refractivity contribution is 0.673. The molecule has 0 aliphatic heterocycles. The summed E-state index contributed by atoms with van der Waals surface area (Å²) in [6.07, 6.45) is 0. The van der Waals surface area contributed by atoms with Gasteiger partial charge in [-0.25, -0.2) is 9.97 Å². The van der Waals surface area contributed by atoms with Crippen molar-refractivity contribution in [2.75, 3.05) is 0 Å². The Morgan fingerprint density at radius 2 is 1.23 bits per heavy atom. The summed E-state index contributed by atoms with van der Waals surface area (Å²) in [5.41, 5.74) is 7.32. The van der Waals surface area contributed by atoms with Crippen molar-refractivity contribution in [3.8, 4) is 22.5 Å². The minimum atomic E-state index is 0.860. The molecule has 0 spiro atoms. The molecule has 186 valence electrons. The Hall–Kier alpha value is -5.06. The van der Waals surface area contributed by atoms with Crippen molar-refractivity contribution in [1.29, 1.82) is 0 Å². The van der Waals surface area contributed by atoms with E-state index in [1.807, 2.05) is 47.7 Å². The SMILES string of the molecule is c1ccc(-c2nc3ccccc3nc2-c2cc3ccc4sc5ccccc5c4c3c3oc4ccccc4c23)cc1. The molecule has 0 bridgehead atoms. The van der Waals surface area contributed by atoms with Gasteiger partial charge in [0.2, 0.25) is 0 Å². The standard InChI is InChI=1S/C36H20N2OS/c1-2-10-21(11-3-1)34-35(38-27-15-7-6-14-26(27)37-34)25-20-22-18-19-30-33(24-13-5-9-17-29(24)40-30)31(22)36-32(25)23-12-4-8-16-28(23)39-36/h1-20H. The van der Waals surface area contributed by atoms with Crippen molar-refractivity contribution in [1.82, 2.24) is 9.97 Å². The Kier molecular flexibility index (Phi) is 4.48. The van der Waals surface area contributed by atoms with Gasteiger partial charge in [-0.1, -0.05) is 84.9 Å². The fourth-order valence-corrected chi connectivity index (χ4v) is 7.20. The minimum absolute atomic E-state index is 0.860. The van der Waals surface area contributed by atoms with Crippen LogP contribution in [0.4, 0.5) is 0 Å². The maximum absolute atomic E-state index is 6.74. The van der Waals surface area contributed by atoms with Crippen LogP contribution in [0.5, 0.6) is 0 Å². The van der Waals surface area contributed by atoms with Crippen LogP contribution in [0.15, 0.2) is 126 Å². The summed E-state index contributed by atoms with van der Waals surface area (Å²) >= 11 is 1.83. The van der Waals surface area contributed by atoms with Crippen molar-refractivity contribution in [2.24, 2.45) is 0 Å². The summed E-state index contributed by atoms with van der Waals surface area (Å²) in [7, 11) is 0. The Labute approximate surface area is 233 Å². The van der Waals surface area contributed by atoms with E-state index in [1.54, 1.807) is 0 Å². The van der Waals surface area contributed by atoms with Gasteiger partial charge in [-0.3, -0.25) is 0 Å². The lowest BCUT2D eigenvalue weighted by atomic mass is 9.93. The topological polar surface area (TPSA) is 38.9 Å². The predicted molar refractivity (Wildman–Crippen MR) is 168 cm³/mol. The molecule has 0 saturated heterocycles. The van der Waals surface area contributed by atoms with Gasteiger partial charge < -0.3 is 4.42 Å². The number of aromatic nitrogens is 2. The molecule has 4 heteroatoms. The zero-order chi connectivity index (χ0) is 26.2. The number of benzene rings is 6. The molecule has 9 aromatic rings. The van der Waals surface area contributed by atoms with E-state index in [2.05, 4.69) is 84.9 Å². The molecular formula is C36H20N2OS. The van der Waals surface area contributed by atoms with Crippen molar-refractivity contribution < 1.29 is 4.42 Å². The highest BCUT2D eigenvalue weighted by molar-refractivity contribution is 7.26. The van der Waals surface area contributed by atoms with Crippen LogP contribution in [0, 0.1) is 0 Å². The van der Waals surface area contributed by atoms with E-state index in [4.69, 9.17) is 14.4 Å². The van der Waals surface area contributed by atoms with Crippen molar-refractivity contribution in [3.63, 3.8) is 0 Å². The lowest BCUT2D eigenvalue weighted by Gasteiger charge is -2.13. The van der Waals surface area contributed by atoms with E-state index in [0.717, 1.165) is 66.3 Å². The van der Waals surface area contributed by atoms with Crippen LogP contribution in [0.25, 0.3) is 86.4 Å². The molecule has 0 amide bonds. The highest BCUT2D eigenvalue weighted by Crippen LogP contribution is 2.47. The molecule has 3 nitrogen and oxygen atoms in total. The van der Waals surface area contributed by atoms with Gasteiger partial charge >= 0.3 is 0 Å². The molecule has 3 heterocycles. The summed E-state index contributed by atoms with van der Waals surface area (Å²) < 4.78 is 9.29. The predicted octanol–water partition coefficient (Wildman–Crippen LogP) is 10.4. The highest BCUT2D eigenvalue weighted by atomic mass is 32.1. The van der Waals surface area contributed by atoms with Crippen LogP contribution in [0.3, 0.4) is 0 Å². The van der Waals surface area contributed by atoms with Crippen LogP contribution in [-0.4, -0.2) is 9.97 Å². The van der Waals surface area contributed by atoms with E-state index in [0.29, 0.717) is 0 Å². The average molecular weight is 529 g/mol. The van der Waals surface area contributed by atoms with Crippen molar-refractivity contribution in [3.05, 3.63) is 121 Å².